The van der Waals surface area contributed by atoms with Crippen LogP contribution in [0.5, 0.6) is 0 Å². The van der Waals surface area contributed by atoms with Crippen LogP contribution in [-0.4, -0.2) is 48.3 Å². The second-order valence-corrected chi connectivity index (χ2v) is 4.30. The Kier molecular flexibility index (Phi) is 4.28. The van der Waals surface area contributed by atoms with E-state index in [-0.39, 0.29) is 18.5 Å². The van der Waals surface area contributed by atoms with Crippen molar-refractivity contribution in [3.05, 3.63) is 24.0 Å². The molecule has 0 spiro atoms. The van der Waals surface area contributed by atoms with Gasteiger partial charge in [-0.2, -0.15) is 0 Å². The first-order valence-electron chi connectivity index (χ1n) is 6.21. The van der Waals surface area contributed by atoms with Crippen LogP contribution < -0.4 is 4.90 Å². The lowest BCUT2D eigenvalue weighted by molar-refractivity contribution is 0.00355. The summed E-state index contributed by atoms with van der Waals surface area (Å²) in [5.74, 6) is 0.0526. The van der Waals surface area contributed by atoms with E-state index in [9.17, 15) is 4.79 Å². The first kappa shape index (κ1) is 13.0. The van der Waals surface area contributed by atoms with Gasteiger partial charge in [0.05, 0.1) is 31.2 Å². The van der Waals surface area contributed by atoms with Crippen molar-refractivity contribution < 1.29 is 14.6 Å². The maximum Gasteiger partial charge on any atom is 0.180 e. The largest absolute Gasteiger partial charge is 0.394 e. The first-order valence-corrected chi connectivity index (χ1v) is 6.21. The second-order valence-electron chi connectivity index (χ2n) is 4.30. The summed E-state index contributed by atoms with van der Waals surface area (Å²) in [4.78, 5) is 17.8. The Morgan fingerprint density at radius 1 is 1.61 bits per heavy atom. The lowest BCUT2D eigenvalue weighted by Crippen LogP contribution is -2.44. The molecule has 1 atom stereocenters. The summed E-state index contributed by atoms with van der Waals surface area (Å²) in [6.07, 6.45) is 2.04. The van der Waals surface area contributed by atoms with Crippen LogP contribution in [-0.2, 0) is 4.74 Å². The van der Waals surface area contributed by atoms with Crippen LogP contribution in [0.4, 0.5) is 5.69 Å². The Labute approximate surface area is 106 Å². The fourth-order valence-electron chi connectivity index (χ4n) is 1.98. The molecule has 1 fully saturated rings. The molecule has 2 rings (SSSR count). The number of ether oxygens (including phenoxy) is 1. The van der Waals surface area contributed by atoms with Gasteiger partial charge in [-0.15, -0.1) is 0 Å². The minimum atomic E-state index is -0.143. The number of carbonyl (C=O) groups excluding carboxylic acids is 1. The van der Waals surface area contributed by atoms with Crippen LogP contribution in [0.25, 0.3) is 0 Å². The van der Waals surface area contributed by atoms with E-state index in [1.54, 1.807) is 12.3 Å². The summed E-state index contributed by atoms with van der Waals surface area (Å²) in [7, 11) is 0. The van der Waals surface area contributed by atoms with Crippen LogP contribution in [0.3, 0.4) is 0 Å². The zero-order valence-electron chi connectivity index (χ0n) is 10.5. The lowest BCUT2D eigenvalue weighted by atomic mass is 10.2. The van der Waals surface area contributed by atoms with Gasteiger partial charge in [0.2, 0.25) is 0 Å². The van der Waals surface area contributed by atoms with E-state index in [0.717, 1.165) is 12.2 Å². The van der Waals surface area contributed by atoms with E-state index >= 15 is 0 Å². The Balaban J connectivity index is 2.07. The molecule has 1 aliphatic rings. The smallest absolute Gasteiger partial charge is 0.180 e. The number of nitrogens with zero attached hydrogens (tertiary/aromatic N) is 2. The van der Waals surface area contributed by atoms with E-state index in [1.807, 2.05) is 13.0 Å². The summed E-state index contributed by atoms with van der Waals surface area (Å²) in [5, 5.41) is 9.09. The van der Waals surface area contributed by atoms with Crippen molar-refractivity contribution >= 4 is 11.5 Å². The van der Waals surface area contributed by atoms with Crippen LogP contribution >= 0.6 is 0 Å². The third-order valence-electron chi connectivity index (χ3n) is 3.06. The van der Waals surface area contributed by atoms with Crippen molar-refractivity contribution in [2.45, 2.75) is 19.4 Å². The number of rotatable bonds is 4. The van der Waals surface area contributed by atoms with Crippen molar-refractivity contribution in [1.29, 1.82) is 0 Å². The van der Waals surface area contributed by atoms with Crippen molar-refractivity contribution in [3.63, 3.8) is 0 Å². The average molecular weight is 250 g/mol. The molecule has 1 saturated heterocycles. The molecule has 98 valence electrons. The molecule has 0 aromatic carbocycles. The summed E-state index contributed by atoms with van der Waals surface area (Å²) in [5.41, 5.74) is 1.47. The predicted molar refractivity (Wildman–Crippen MR) is 67.9 cm³/mol. The molecular weight excluding hydrogens is 232 g/mol. The topological polar surface area (TPSA) is 62.7 Å². The third kappa shape index (κ3) is 2.86. The molecule has 0 amide bonds. The Bertz CT molecular complexity index is 405. The summed E-state index contributed by atoms with van der Waals surface area (Å²) in [6, 6.07) is 3.65. The van der Waals surface area contributed by atoms with Gasteiger partial charge in [-0.05, 0) is 12.1 Å². The molecular formula is C13H18N2O3. The molecule has 0 bridgehead atoms. The molecule has 0 saturated carbocycles. The number of pyridine rings is 1. The molecule has 5 heteroatoms. The van der Waals surface area contributed by atoms with Gasteiger partial charge >= 0.3 is 0 Å². The lowest BCUT2D eigenvalue weighted by Gasteiger charge is -2.33. The van der Waals surface area contributed by atoms with Gasteiger partial charge < -0.3 is 14.7 Å². The normalized spacial score (nSPS) is 19.9. The van der Waals surface area contributed by atoms with Gasteiger partial charge in [0, 0.05) is 19.5 Å². The zero-order chi connectivity index (χ0) is 13.0. The number of carbonyl (C=O) groups is 1. The van der Waals surface area contributed by atoms with E-state index in [0.29, 0.717) is 25.3 Å². The maximum atomic E-state index is 11.5. The van der Waals surface area contributed by atoms with Gasteiger partial charge in [-0.25, -0.2) is 0 Å². The maximum absolute atomic E-state index is 11.5. The number of aromatic nitrogens is 1. The number of hydrogen-bond acceptors (Lipinski definition) is 5. The summed E-state index contributed by atoms with van der Waals surface area (Å²) >= 11 is 0. The highest BCUT2D eigenvalue weighted by molar-refractivity contribution is 5.94. The molecule has 1 aliphatic heterocycles. The minimum absolute atomic E-state index is 0.0241. The summed E-state index contributed by atoms with van der Waals surface area (Å²) in [6.45, 7) is 3.88. The van der Waals surface area contributed by atoms with Crippen LogP contribution in [0.1, 0.15) is 23.8 Å². The molecule has 18 heavy (non-hydrogen) atoms. The molecule has 5 nitrogen and oxygen atoms in total. The second kappa shape index (κ2) is 5.93. The Morgan fingerprint density at radius 3 is 3.06 bits per heavy atom. The number of aliphatic hydroxyl groups excluding tert-OH is 1. The molecule has 1 aromatic heterocycles. The number of Topliss-reactive ketones (excluding diaryl/α,β-unsaturated/α-hetero) is 1. The fourth-order valence-corrected chi connectivity index (χ4v) is 1.98. The van der Waals surface area contributed by atoms with Gasteiger partial charge in [0.1, 0.15) is 5.69 Å². The van der Waals surface area contributed by atoms with E-state index in [1.165, 1.54) is 0 Å². The fraction of sp³-hybridized carbons (Fsp3) is 0.538. The molecule has 2 heterocycles. The highest BCUT2D eigenvalue weighted by Crippen LogP contribution is 2.17. The Hall–Kier alpha value is -1.46. The van der Waals surface area contributed by atoms with Crippen LogP contribution in [0.15, 0.2) is 18.3 Å². The van der Waals surface area contributed by atoms with Gasteiger partial charge in [0.15, 0.2) is 5.78 Å². The zero-order valence-corrected chi connectivity index (χ0v) is 10.5. The van der Waals surface area contributed by atoms with Gasteiger partial charge in [-0.1, -0.05) is 6.92 Å². The monoisotopic (exact) mass is 250 g/mol. The van der Waals surface area contributed by atoms with Gasteiger partial charge in [-0.3, -0.25) is 9.78 Å². The van der Waals surface area contributed by atoms with E-state index in [2.05, 4.69) is 9.88 Å². The number of hydrogen-bond donors (Lipinski definition) is 1. The van der Waals surface area contributed by atoms with Crippen molar-refractivity contribution in [2.75, 3.05) is 31.2 Å². The van der Waals surface area contributed by atoms with Crippen molar-refractivity contribution in [3.8, 4) is 0 Å². The number of anilines is 1. The van der Waals surface area contributed by atoms with Crippen LogP contribution in [0.2, 0.25) is 0 Å². The highest BCUT2D eigenvalue weighted by atomic mass is 16.5. The predicted octanol–water partition coefficient (Wildman–Crippen LogP) is 0.872. The quantitative estimate of drug-likeness (QED) is 0.803. The average Bonchev–Trinajstić information content (AvgIpc) is 2.46. The Morgan fingerprint density at radius 2 is 2.44 bits per heavy atom. The van der Waals surface area contributed by atoms with Crippen molar-refractivity contribution in [2.24, 2.45) is 0 Å². The third-order valence-corrected chi connectivity index (χ3v) is 3.06. The standard InChI is InChI=1S/C13H18N2O3/c1-2-13(17)12-4-3-10(7-14-12)15-5-6-18-11(8-15)9-16/h3-4,7,11,16H,2,5-6,8-9H2,1H3. The summed E-state index contributed by atoms with van der Waals surface area (Å²) < 4.78 is 5.39. The number of morpholine rings is 1. The first-order chi connectivity index (χ1) is 8.74. The molecule has 0 radical (unpaired) electrons. The van der Waals surface area contributed by atoms with Crippen molar-refractivity contribution in [1.82, 2.24) is 4.98 Å². The minimum Gasteiger partial charge on any atom is -0.394 e. The van der Waals surface area contributed by atoms with E-state index < -0.39 is 0 Å². The molecule has 1 N–H and O–H groups in total. The number of aliphatic hydroxyl groups is 1. The molecule has 1 unspecified atom stereocenters. The van der Waals surface area contributed by atoms with Crippen LogP contribution in [0, 0.1) is 0 Å². The van der Waals surface area contributed by atoms with Gasteiger partial charge in [0.25, 0.3) is 0 Å². The SMILES string of the molecule is CCC(=O)c1ccc(N2CCOC(CO)C2)cn1. The molecule has 0 aliphatic carbocycles. The van der Waals surface area contributed by atoms with E-state index in [4.69, 9.17) is 9.84 Å². The molecule has 1 aromatic rings. The highest BCUT2D eigenvalue weighted by Gasteiger charge is 2.20. The number of ketones is 1.